The van der Waals surface area contributed by atoms with Crippen molar-refractivity contribution in [2.75, 3.05) is 12.3 Å². The van der Waals surface area contributed by atoms with Crippen LogP contribution < -0.4 is 10.6 Å². The molecule has 1 aromatic rings. The Labute approximate surface area is 218 Å². The average molecular weight is 510 g/mol. The fraction of sp³-hybridized carbons (Fsp3) is 0.690. The van der Waals surface area contributed by atoms with Gasteiger partial charge >= 0.3 is 0 Å². The highest BCUT2D eigenvalue weighted by atomic mass is 32.2. The van der Waals surface area contributed by atoms with E-state index in [9.17, 15) is 14.4 Å². The van der Waals surface area contributed by atoms with Crippen LogP contribution in [0.1, 0.15) is 86.6 Å². The predicted molar refractivity (Wildman–Crippen MR) is 141 cm³/mol. The standard InChI is InChI=1S/C29H39N3O3S/c33-26-9-8-24(28(34)31-26)32-17-23-22(29(32)35)6-5-7-25(23)36-11-4-2-1-3-10-30-27-20-13-18-12-19(15-20)16-21(27)14-18/h5-7,18-21,24,27,30H,1-4,8-17H2,(H,31,33,34). The van der Waals surface area contributed by atoms with Crippen LogP contribution >= 0.6 is 11.8 Å². The van der Waals surface area contributed by atoms with E-state index in [1.165, 1.54) is 64.3 Å². The number of benzene rings is 1. The number of imide groups is 1. The third-order valence-corrected chi connectivity index (χ3v) is 10.7. The SMILES string of the molecule is O=C1CCC(N2Cc3c(SCCCCCCNC4C5CC6CC(C5)CC4C6)cccc3C2=O)C(=O)N1. The first-order chi connectivity index (χ1) is 17.6. The summed E-state index contributed by atoms with van der Waals surface area (Å²) < 4.78 is 0. The van der Waals surface area contributed by atoms with Crippen molar-refractivity contribution in [1.82, 2.24) is 15.5 Å². The van der Waals surface area contributed by atoms with E-state index in [1.54, 1.807) is 4.90 Å². The van der Waals surface area contributed by atoms with Crippen molar-refractivity contribution in [2.24, 2.45) is 23.7 Å². The fourth-order valence-corrected chi connectivity index (χ4v) is 9.07. The molecule has 1 saturated heterocycles. The molecule has 1 atom stereocenters. The zero-order valence-corrected chi connectivity index (χ0v) is 22.0. The van der Waals surface area contributed by atoms with Gasteiger partial charge in [-0.3, -0.25) is 19.7 Å². The summed E-state index contributed by atoms with van der Waals surface area (Å²) in [6, 6.07) is 6.16. The Morgan fingerprint density at radius 3 is 2.44 bits per heavy atom. The van der Waals surface area contributed by atoms with E-state index in [0.717, 1.165) is 45.9 Å². The van der Waals surface area contributed by atoms with Gasteiger partial charge in [0.25, 0.3) is 5.91 Å². The van der Waals surface area contributed by atoms with Crippen LogP contribution in [0.5, 0.6) is 0 Å². The molecule has 6 aliphatic rings. The summed E-state index contributed by atoms with van der Waals surface area (Å²) >= 11 is 1.83. The maximum atomic E-state index is 13.0. The Kier molecular flexibility index (Phi) is 7.13. The van der Waals surface area contributed by atoms with Gasteiger partial charge in [-0.1, -0.05) is 18.9 Å². The minimum atomic E-state index is -0.548. The molecule has 5 fully saturated rings. The van der Waals surface area contributed by atoms with Crippen molar-refractivity contribution in [3.63, 3.8) is 0 Å². The smallest absolute Gasteiger partial charge is 0.255 e. The topological polar surface area (TPSA) is 78.5 Å². The van der Waals surface area contributed by atoms with Gasteiger partial charge < -0.3 is 10.2 Å². The molecule has 3 amide bonds. The van der Waals surface area contributed by atoms with Crippen LogP contribution in [0.3, 0.4) is 0 Å². The van der Waals surface area contributed by atoms with Crippen molar-refractivity contribution in [1.29, 1.82) is 0 Å². The Morgan fingerprint density at radius 1 is 0.944 bits per heavy atom. The number of unbranched alkanes of at least 4 members (excludes halogenated alkanes) is 3. The highest BCUT2D eigenvalue weighted by Gasteiger charge is 2.47. The summed E-state index contributed by atoms with van der Waals surface area (Å²) in [5.41, 5.74) is 1.75. The van der Waals surface area contributed by atoms with Crippen molar-refractivity contribution in [3.8, 4) is 0 Å². The number of piperidine rings is 1. The van der Waals surface area contributed by atoms with E-state index in [4.69, 9.17) is 0 Å². The lowest BCUT2D eigenvalue weighted by Crippen LogP contribution is -2.54. The first kappa shape index (κ1) is 24.5. The van der Waals surface area contributed by atoms with Gasteiger partial charge in [0, 0.05) is 29.5 Å². The van der Waals surface area contributed by atoms with Crippen molar-refractivity contribution in [3.05, 3.63) is 29.3 Å². The molecule has 194 valence electrons. The van der Waals surface area contributed by atoms with E-state index < -0.39 is 6.04 Å². The van der Waals surface area contributed by atoms with Crippen LogP contribution in [0, 0.1) is 23.7 Å². The van der Waals surface area contributed by atoms with Crippen LogP contribution in [0.15, 0.2) is 23.1 Å². The Morgan fingerprint density at radius 2 is 1.69 bits per heavy atom. The molecule has 4 aliphatic carbocycles. The lowest BCUT2D eigenvalue weighted by atomic mass is 9.54. The number of hydrogen-bond acceptors (Lipinski definition) is 5. The van der Waals surface area contributed by atoms with E-state index in [2.05, 4.69) is 16.7 Å². The summed E-state index contributed by atoms with van der Waals surface area (Å²) in [5.74, 6) is 4.38. The Bertz CT molecular complexity index is 999. The third-order valence-electron chi connectivity index (χ3n) is 9.47. The molecule has 6 nitrogen and oxygen atoms in total. The second-order valence-electron chi connectivity index (χ2n) is 11.9. The molecule has 2 heterocycles. The number of nitrogens with one attached hydrogen (secondary N) is 2. The van der Waals surface area contributed by atoms with E-state index in [-0.39, 0.29) is 24.1 Å². The number of rotatable bonds is 10. The average Bonchev–Trinajstić information content (AvgIpc) is 3.18. The van der Waals surface area contributed by atoms with E-state index in [0.29, 0.717) is 18.5 Å². The maximum Gasteiger partial charge on any atom is 0.255 e. The monoisotopic (exact) mass is 509 g/mol. The quantitative estimate of drug-likeness (QED) is 0.276. The first-order valence-electron chi connectivity index (χ1n) is 14.2. The molecule has 4 bridgehead atoms. The zero-order valence-electron chi connectivity index (χ0n) is 21.2. The van der Waals surface area contributed by atoms with Gasteiger partial charge in [-0.25, -0.2) is 0 Å². The van der Waals surface area contributed by atoms with Crippen LogP contribution in [0.25, 0.3) is 0 Å². The van der Waals surface area contributed by atoms with Gasteiger partial charge in [0.05, 0.1) is 0 Å². The molecule has 0 radical (unpaired) electrons. The van der Waals surface area contributed by atoms with Crippen LogP contribution in [-0.2, 0) is 16.1 Å². The minimum Gasteiger partial charge on any atom is -0.322 e. The van der Waals surface area contributed by atoms with Crippen LogP contribution in [-0.4, -0.2) is 47.0 Å². The number of carbonyl (C=O) groups is 3. The van der Waals surface area contributed by atoms with Crippen molar-refractivity contribution < 1.29 is 14.4 Å². The number of amides is 3. The number of thioether (sulfide) groups is 1. The largest absolute Gasteiger partial charge is 0.322 e. The number of nitrogens with zero attached hydrogens (tertiary/aromatic N) is 1. The molecule has 2 aliphatic heterocycles. The summed E-state index contributed by atoms with van der Waals surface area (Å²) in [6.45, 7) is 1.63. The van der Waals surface area contributed by atoms with Gasteiger partial charge in [0.2, 0.25) is 11.8 Å². The first-order valence-corrected chi connectivity index (χ1v) is 15.2. The Balaban J connectivity index is 0.916. The molecule has 7 rings (SSSR count). The van der Waals surface area contributed by atoms with Gasteiger partial charge in [-0.2, -0.15) is 0 Å². The molecule has 1 aromatic carbocycles. The molecule has 4 saturated carbocycles. The molecular weight excluding hydrogens is 470 g/mol. The number of fused-ring (bicyclic) bond motifs is 1. The molecule has 2 N–H and O–H groups in total. The van der Waals surface area contributed by atoms with Gasteiger partial charge in [0.15, 0.2) is 0 Å². The molecule has 0 aromatic heterocycles. The number of carbonyl (C=O) groups excluding carboxylic acids is 3. The van der Waals surface area contributed by atoms with Gasteiger partial charge in [-0.15, -0.1) is 11.8 Å². The molecule has 0 spiro atoms. The number of hydrogen-bond donors (Lipinski definition) is 2. The second-order valence-corrected chi connectivity index (χ2v) is 13.0. The lowest BCUT2D eigenvalue weighted by molar-refractivity contribution is -0.136. The van der Waals surface area contributed by atoms with Gasteiger partial charge in [0.1, 0.15) is 6.04 Å². The summed E-state index contributed by atoms with van der Waals surface area (Å²) in [5, 5.41) is 6.34. The summed E-state index contributed by atoms with van der Waals surface area (Å²) in [7, 11) is 0. The lowest BCUT2D eigenvalue weighted by Gasteiger charge is -2.54. The maximum absolute atomic E-state index is 13.0. The Hall–Kier alpha value is -1.86. The molecule has 7 heteroatoms. The minimum absolute atomic E-state index is 0.0893. The van der Waals surface area contributed by atoms with Gasteiger partial charge in [-0.05, 0) is 105 Å². The normalized spacial score (nSPS) is 32.8. The molecule has 36 heavy (non-hydrogen) atoms. The summed E-state index contributed by atoms with van der Waals surface area (Å²) in [4.78, 5) is 39.6. The van der Waals surface area contributed by atoms with Crippen LogP contribution in [0.4, 0.5) is 0 Å². The predicted octanol–water partition coefficient (Wildman–Crippen LogP) is 4.51. The molecular formula is C29H39N3O3S. The van der Waals surface area contributed by atoms with E-state index in [1.807, 2.05) is 23.9 Å². The molecule has 1 unspecified atom stereocenters. The highest BCUT2D eigenvalue weighted by Crippen LogP contribution is 2.53. The fourth-order valence-electron chi connectivity index (χ4n) is 7.98. The summed E-state index contributed by atoms with van der Waals surface area (Å²) in [6.07, 6.45) is 13.1. The third kappa shape index (κ3) is 4.85. The second kappa shape index (κ2) is 10.5. The van der Waals surface area contributed by atoms with Crippen molar-refractivity contribution in [2.45, 2.75) is 94.2 Å². The van der Waals surface area contributed by atoms with E-state index >= 15 is 0 Å². The van der Waals surface area contributed by atoms with Crippen LogP contribution in [0.2, 0.25) is 0 Å². The zero-order chi connectivity index (χ0) is 24.6. The highest BCUT2D eigenvalue weighted by molar-refractivity contribution is 7.99. The van der Waals surface area contributed by atoms with Crippen molar-refractivity contribution >= 4 is 29.5 Å².